The largest absolute Gasteiger partial charge is 0.486 e. The Kier molecular flexibility index (Phi) is 2.74. The van der Waals surface area contributed by atoms with Gasteiger partial charge in [-0.3, -0.25) is 0 Å². The van der Waals surface area contributed by atoms with Gasteiger partial charge in [0.1, 0.15) is 24.9 Å². The van der Waals surface area contributed by atoms with Gasteiger partial charge in [0.15, 0.2) is 11.5 Å². The van der Waals surface area contributed by atoms with E-state index in [1.54, 1.807) is 6.07 Å². The lowest BCUT2D eigenvalue weighted by molar-refractivity contribution is 0.171. The topological polar surface area (TPSA) is 70.3 Å². The van der Waals surface area contributed by atoms with Crippen molar-refractivity contribution < 1.29 is 9.47 Å². The van der Waals surface area contributed by atoms with Crippen LogP contribution in [0.3, 0.4) is 0 Å². The molecule has 1 aromatic heterocycles. The molecule has 0 atom stereocenters. The van der Waals surface area contributed by atoms with E-state index in [1.807, 2.05) is 26.0 Å². The first-order valence-electron chi connectivity index (χ1n) is 6.15. The van der Waals surface area contributed by atoms with Gasteiger partial charge < -0.3 is 15.2 Å². The summed E-state index contributed by atoms with van der Waals surface area (Å²) in [6.45, 7) is 5.00. The molecule has 0 saturated carbocycles. The van der Waals surface area contributed by atoms with Gasteiger partial charge in [0.05, 0.1) is 5.69 Å². The van der Waals surface area contributed by atoms with Crippen LogP contribution in [0.15, 0.2) is 18.2 Å². The van der Waals surface area contributed by atoms with Crippen molar-refractivity contribution in [3.05, 3.63) is 29.6 Å². The van der Waals surface area contributed by atoms with Crippen LogP contribution in [0.1, 0.15) is 11.4 Å². The first-order valence-corrected chi connectivity index (χ1v) is 6.15. The summed E-state index contributed by atoms with van der Waals surface area (Å²) < 4.78 is 11.2. The van der Waals surface area contributed by atoms with E-state index in [0.29, 0.717) is 24.9 Å². The fraction of sp³-hybridized carbons (Fsp3) is 0.286. The average molecular weight is 257 g/mol. The molecule has 1 aliphatic rings. The van der Waals surface area contributed by atoms with Crippen molar-refractivity contribution >= 4 is 5.82 Å². The zero-order valence-corrected chi connectivity index (χ0v) is 10.9. The molecule has 0 fully saturated rings. The van der Waals surface area contributed by atoms with Crippen LogP contribution >= 0.6 is 0 Å². The number of fused-ring (bicyclic) bond motifs is 1. The molecule has 0 saturated heterocycles. The van der Waals surface area contributed by atoms with Crippen molar-refractivity contribution in [2.24, 2.45) is 0 Å². The van der Waals surface area contributed by atoms with E-state index in [9.17, 15) is 0 Å². The number of nitrogens with zero attached hydrogens (tertiary/aromatic N) is 2. The first-order chi connectivity index (χ1) is 9.13. The Hall–Kier alpha value is -2.30. The molecule has 2 aromatic rings. The van der Waals surface area contributed by atoms with Crippen LogP contribution in [0.2, 0.25) is 0 Å². The minimum Gasteiger partial charge on any atom is -0.486 e. The van der Waals surface area contributed by atoms with Crippen LogP contribution in [0.5, 0.6) is 11.5 Å². The van der Waals surface area contributed by atoms with Crippen molar-refractivity contribution in [1.82, 2.24) is 9.97 Å². The Labute approximate surface area is 111 Å². The zero-order valence-electron chi connectivity index (χ0n) is 10.9. The molecular formula is C14H15N3O2. The lowest BCUT2D eigenvalue weighted by Gasteiger charge is -2.20. The summed E-state index contributed by atoms with van der Waals surface area (Å²) >= 11 is 0. The Morgan fingerprint density at radius 1 is 1.00 bits per heavy atom. The third kappa shape index (κ3) is 2.19. The second-order valence-corrected chi connectivity index (χ2v) is 4.54. The molecule has 0 amide bonds. The van der Waals surface area contributed by atoms with Gasteiger partial charge in [0.25, 0.3) is 0 Å². The fourth-order valence-corrected chi connectivity index (χ4v) is 2.20. The molecule has 1 aromatic carbocycles. The number of nitrogen functional groups attached to an aromatic ring is 1. The molecule has 0 bridgehead atoms. The van der Waals surface area contributed by atoms with Gasteiger partial charge in [-0.05, 0) is 31.5 Å². The van der Waals surface area contributed by atoms with Gasteiger partial charge in [-0.1, -0.05) is 0 Å². The van der Waals surface area contributed by atoms with Crippen molar-refractivity contribution in [3.63, 3.8) is 0 Å². The van der Waals surface area contributed by atoms with Crippen molar-refractivity contribution in [3.8, 4) is 22.8 Å². The first kappa shape index (κ1) is 11.8. The van der Waals surface area contributed by atoms with E-state index >= 15 is 0 Å². The van der Waals surface area contributed by atoms with E-state index in [2.05, 4.69) is 9.97 Å². The van der Waals surface area contributed by atoms with Crippen molar-refractivity contribution in [2.45, 2.75) is 13.8 Å². The molecule has 0 spiro atoms. The van der Waals surface area contributed by atoms with Crippen LogP contribution in [-0.4, -0.2) is 23.2 Å². The average Bonchev–Trinajstić information content (AvgIpc) is 2.36. The number of hydrogen-bond acceptors (Lipinski definition) is 5. The summed E-state index contributed by atoms with van der Waals surface area (Å²) in [4.78, 5) is 8.51. The fourth-order valence-electron chi connectivity index (χ4n) is 2.20. The Morgan fingerprint density at radius 2 is 1.68 bits per heavy atom. The molecule has 1 aliphatic heterocycles. The summed E-state index contributed by atoms with van der Waals surface area (Å²) in [5, 5.41) is 0. The van der Waals surface area contributed by atoms with Gasteiger partial charge in [-0.2, -0.15) is 0 Å². The maximum atomic E-state index is 5.78. The number of benzene rings is 1. The molecule has 2 N–H and O–H groups in total. The Balaban J connectivity index is 2.14. The van der Waals surface area contributed by atoms with Crippen LogP contribution in [0, 0.1) is 13.8 Å². The predicted molar refractivity (Wildman–Crippen MR) is 72.3 cm³/mol. The summed E-state index contributed by atoms with van der Waals surface area (Å²) in [5.74, 6) is 2.66. The minimum absolute atomic E-state index is 0.469. The van der Waals surface area contributed by atoms with E-state index in [4.69, 9.17) is 15.2 Å². The molecule has 0 radical (unpaired) electrons. The van der Waals surface area contributed by atoms with E-state index in [-0.39, 0.29) is 0 Å². The Bertz CT molecular complexity index is 621. The number of nitrogens with two attached hydrogens (primary N) is 1. The van der Waals surface area contributed by atoms with Crippen LogP contribution < -0.4 is 15.2 Å². The standard InChI is InChI=1S/C14H15N3O2/c1-8-5-12-13(19-4-3-18-12)6-10(8)11-7-14(15)17-9(2)16-11/h5-7H,3-4H2,1-2H3,(H2,15,16,17). The lowest BCUT2D eigenvalue weighted by Crippen LogP contribution is -2.15. The molecular weight excluding hydrogens is 242 g/mol. The third-order valence-electron chi connectivity index (χ3n) is 3.02. The van der Waals surface area contributed by atoms with Crippen LogP contribution in [-0.2, 0) is 0 Å². The van der Waals surface area contributed by atoms with Gasteiger partial charge in [0.2, 0.25) is 0 Å². The second-order valence-electron chi connectivity index (χ2n) is 4.54. The number of hydrogen-bond donors (Lipinski definition) is 1. The highest BCUT2D eigenvalue weighted by atomic mass is 16.6. The van der Waals surface area contributed by atoms with Crippen LogP contribution in [0.25, 0.3) is 11.3 Å². The monoisotopic (exact) mass is 257 g/mol. The molecule has 19 heavy (non-hydrogen) atoms. The Morgan fingerprint density at radius 3 is 2.37 bits per heavy atom. The highest BCUT2D eigenvalue weighted by molar-refractivity contribution is 5.69. The molecule has 5 nitrogen and oxygen atoms in total. The summed E-state index contributed by atoms with van der Waals surface area (Å²) in [6, 6.07) is 5.69. The second kappa shape index (κ2) is 4.42. The van der Waals surface area contributed by atoms with E-state index < -0.39 is 0 Å². The summed E-state index contributed by atoms with van der Waals surface area (Å²) in [5.41, 5.74) is 8.64. The predicted octanol–water partition coefficient (Wildman–Crippen LogP) is 2.11. The smallest absolute Gasteiger partial charge is 0.162 e. The number of ether oxygens (including phenoxy) is 2. The molecule has 0 aliphatic carbocycles. The molecule has 0 unspecified atom stereocenters. The van der Waals surface area contributed by atoms with Gasteiger partial charge in [-0.25, -0.2) is 9.97 Å². The molecule has 5 heteroatoms. The quantitative estimate of drug-likeness (QED) is 0.847. The normalized spacial score (nSPS) is 13.4. The number of aromatic nitrogens is 2. The molecule has 2 heterocycles. The minimum atomic E-state index is 0.469. The zero-order chi connectivity index (χ0) is 13.4. The number of anilines is 1. The summed E-state index contributed by atoms with van der Waals surface area (Å²) in [7, 11) is 0. The maximum Gasteiger partial charge on any atom is 0.162 e. The van der Waals surface area contributed by atoms with Gasteiger partial charge >= 0.3 is 0 Å². The maximum absolute atomic E-state index is 5.78. The van der Waals surface area contributed by atoms with Gasteiger partial charge in [-0.15, -0.1) is 0 Å². The molecule has 98 valence electrons. The highest BCUT2D eigenvalue weighted by Gasteiger charge is 2.16. The molecule has 3 rings (SSSR count). The number of rotatable bonds is 1. The highest BCUT2D eigenvalue weighted by Crippen LogP contribution is 2.36. The van der Waals surface area contributed by atoms with Crippen molar-refractivity contribution in [1.29, 1.82) is 0 Å². The third-order valence-corrected chi connectivity index (χ3v) is 3.02. The number of aryl methyl sites for hydroxylation is 2. The van der Waals surface area contributed by atoms with E-state index in [0.717, 1.165) is 28.3 Å². The van der Waals surface area contributed by atoms with Crippen LogP contribution in [0.4, 0.5) is 5.82 Å². The lowest BCUT2D eigenvalue weighted by atomic mass is 10.0. The van der Waals surface area contributed by atoms with Gasteiger partial charge in [0, 0.05) is 11.6 Å². The summed E-state index contributed by atoms with van der Waals surface area (Å²) in [6.07, 6.45) is 0. The van der Waals surface area contributed by atoms with E-state index in [1.165, 1.54) is 0 Å². The SMILES string of the molecule is Cc1nc(N)cc(-c2cc3c(cc2C)OCCO3)n1. The van der Waals surface area contributed by atoms with Crippen molar-refractivity contribution in [2.75, 3.05) is 18.9 Å².